The Labute approximate surface area is 109 Å². The molecule has 0 spiro atoms. The molecular weight excluding hydrogens is 234 g/mol. The second-order valence-electron chi connectivity index (χ2n) is 6.83. The molecule has 1 N–H and O–H groups in total. The average molecular weight is 258 g/mol. The molecule has 0 aromatic rings. The topological polar surface area (TPSA) is 29.1 Å². The number of rotatable bonds is 3. The Balaban J connectivity index is 1.83. The van der Waals surface area contributed by atoms with Crippen molar-refractivity contribution < 1.29 is 4.79 Å². The minimum Gasteiger partial charge on any atom is -0.355 e. The Morgan fingerprint density at radius 2 is 1.82 bits per heavy atom. The SMILES string of the molecule is CC1(C)C(C(=O)NCC2CCCC2Cl)C1(C)C. The van der Waals surface area contributed by atoms with E-state index in [-0.39, 0.29) is 28.0 Å². The molecule has 98 valence electrons. The normalized spacial score (nSPS) is 34.6. The van der Waals surface area contributed by atoms with Crippen LogP contribution >= 0.6 is 11.6 Å². The van der Waals surface area contributed by atoms with Gasteiger partial charge in [-0.05, 0) is 29.6 Å². The molecule has 2 rings (SSSR count). The standard InChI is InChI=1S/C14H24ClNO/c1-13(2)11(14(13,3)4)12(17)16-8-9-6-5-7-10(9)15/h9-11H,5-8H2,1-4H3,(H,16,17). The highest BCUT2D eigenvalue weighted by Crippen LogP contribution is 2.68. The second kappa shape index (κ2) is 4.15. The zero-order valence-electron chi connectivity index (χ0n) is 11.3. The maximum Gasteiger partial charge on any atom is 0.224 e. The van der Waals surface area contributed by atoms with E-state index < -0.39 is 0 Å². The molecule has 2 aliphatic rings. The van der Waals surface area contributed by atoms with Crippen LogP contribution in [0.5, 0.6) is 0 Å². The van der Waals surface area contributed by atoms with Crippen molar-refractivity contribution in [3.8, 4) is 0 Å². The van der Waals surface area contributed by atoms with Crippen molar-refractivity contribution >= 4 is 17.5 Å². The largest absolute Gasteiger partial charge is 0.355 e. The van der Waals surface area contributed by atoms with Crippen LogP contribution in [0.25, 0.3) is 0 Å². The van der Waals surface area contributed by atoms with Crippen molar-refractivity contribution in [3.05, 3.63) is 0 Å². The second-order valence-corrected chi connectivity index (χ2v) is 7.39. The first-order valence-electron chi connectivity index (χ1n) is 6.70. The van der Waals surface area contributed by atoms with Gasteiger partial charge in [0, 0.05) is 17.8 Å². The molecule has 1 amide bonds. The summed E-state index contributed by atoms with van der Waals surface area (Å²) in [5.41, 5.74) is 0.264. The van der Waals surface area contributed by atoms with Gasteiger partial charge in [-0.1, -0.05) is 34.1 Å². The first kappa shape index (κ1) is 13.2. The van der Waals surface area contributed by atoms with Crippen LogP contribution in [0.15, 0.2) is 0 Å². The van der Waals surface area contributed by atoms with Gasteiger partial charge in [-0.2, -0.15) is 0 Å². The molecule has 3 heteroatoms. The van der Waals surface area contributed by atoms with E-state index in [4.69, 9.17) is 11.6 Å². The zero-order chi connectivity index (χ0) is 12.8. The zero-order valence-corrected chi connectivity index (χ0v) is 12.1. The lowest BCUT2D eigenvalue weighted by Crippen LogP contribution is -2.33. The van der Waals surface area contributed by atoms with E-state index in [9.17, 15) is 4.79 Å². The molecule has 2 fully saturated rings. The predicted octanol–water partition coefficient (Wildman–Crippen LogP) is 3.19. The summed E-state index contributed by atoms with van der Waals surface area (Å²) in [7, 11) is 0. The third-order valence-electron chi connectivity index (χ3n) is 5.39. The molecule has 2 unspecified atom stereocenters. The van der Waals surface area contributed by atoms with E-state index >= 15 is 0 Å². The maximum atomic E-state index is 12.1. The van der Waals surface area contributed by atoms with Gasteiger partial charge in [-0.3, -0.25) is 4.79 Å². The van der Waals surface area contributed by atoms with Crippen molar-refractivity contribution in [1.29, 1.82) is 0 Å². The van der Waals surface area contributed by atoms with Gasteiger partial charge in [0.25, 0.3) is 0 Å². The van der Waals surface area contributed by atoms with Crippen molar-refractivity contribution in [2.45, 2.75) is 52.3 Å². The predicted molar refractivity (Wildman–Crippen MR) is 71.0 cm³/mol. The molecule has 0 bridgehead atoms. The van der Waals surface area contributed by atoms with Gasteiger partial charge >= 0.3 is 0 Å². The van der Waals surface area contributed by atoms with Crippen LogP contribution in [-0.4, -0.2) is 17.8 Å². The molecule has 2 nitrogen and oxygen atoms in total. The summed E-state index contributed by atoms with van der Waals surface area (Å²) >= 11 is 6.22. The maximum absolute atomic E-state index is 12.1. The van der Waals surface area contributed by atoms with E-state index in [1.54, 1.807) is 0 Å². The van der Waals surface area contributed by atoms with E-state index in [0.717, 1.165) is 19.4 Å². The van der Waals surface area contributed by atoms with Crippen LogP contribution in [0.2, 0.25) is 0 Å². The number of carbonyl (C=O) groups excluding carboxylic acids is 1. The highest BCUT2D eigenvalue weighted by atomic mass is 35.5. The van der Waals surface area contributed by atoms with Gasteiger partial charge in [0.15, 0.2) is 0 Å². The molecule has 0 aromatic carbocycles. The number of hydrogen-bond donors (Lipinski definition) is 1. The summed E-state index contributed by atoms with van der Waals surface area (Å²) in [4.78, 5) is 12.1. The Morgan fingerprint density at radius 3 is 2.24 bits per heavy atom. The summed E-state index contributed by atoms with van der Waals surface area (Å²) in [6.45, 7) is 9.47. The van der Waals surface area contributed by atoms with Crippen molar-refractivity contribution in [1.82, 2.24) is 5.32 Å². The Morgan fingerprint density at radius 1 is 1.24 bits per heavy atom. The van der Waals surface area contributed by atoms with Crippen LogP contribution in [0.4, 0.5) is 0 Å². The Hall–Kier alpha value is -0.240. The first-order chi connectivity index (χ1) is 7.78. The van der Waals surface area contributed by atoms with Crippen molar-refractivity contribution in [2.75, 3.05) is 6.54 Å². The minimum absolute atomic E-state index is 0.132. The van der Waals surface area contributed by atoms with E-state index in [0.29, 0.717) is 5.92 Å². The molecule has 2 saturated carbocycles. The molecule has 0 radical (unpaired) electrons. The van der Waals surface area contributed by atoms with Crippen LogP contribution in [0.3, 0.4) is 0 Å². The fourth-order valence-electron chi connectivity index (χ4n) is 3.41. The van der Waals surface area contributed by atoms with Gasteiger partial charge in [-0.15, -0.1) is 11.6 Å². The number of amides is 1. The van der Waals surface area contributed by atoms with Gasteiger partial charge in [0.2, 0.25) is 5.91 Å². The average Bonchev–Trinajstić information content (AvgIpc) is 2.53. The van der Waals surface area contributed by atoms with E-state index in [2.05, 4.69) is 33.0 Å². The highest BCUT2D eigenvalue weighted by molar-refractivity contribution is 6.21. The number of alkyl halides is 1. The first-order valence-corrected chi connectivity index (χ1v) is 7.14. The van der Waals surface area contributed by atoms with Crippen LogP contribution in [0, 0.1) is 22.7 Å². The quantitative estimate of drug-likeness (QED) is 0.773. The molecule has 0 aliphatic heterocycles. The highest BCUT2D eigenvalue weighted by Gasteiger charge is 2.68. The molecule has 2 atom stereocenters. The lowest BCUT2D eigenvalue weighted by molar-refractivity contribution is -0.123. The molecular formula is C14H24ClNO. The van der Waals surface area contributed by atoms with Gasteiger partial charge in [0.1, 0.15) is 0 Å². The van der Waals surface area contributed by atoms with Crippen molar-refractivity contribution in [2.24, 2.45) is 22.7 Å². The van der Waals surface area contributed by atoms with Gasteiger partial charge in [-0.25, -0.2) is 0 Å². The summed E-state index contributed by atoms with van der Waals surface area (Å²) in [6.07, 6.45) is 3.46. The van der Waals surface area contributed by atoms with Crippen LogP contribution in [0.1, 0.15) is 47.0 Å². The summed E-state index contributed by atoms with van der Waals surface area (Å²) in [5.74, 6) is 0.853. The van der Waals surface area contributed by atoms with E-state index in [1.165, 1.54) is 6.42 Å². The third kappa shape index (κ3) is 2.09. The smallest absolute Gasteiger partial charge is 0.224 e. The molecule has 17 heavy (non-hydrogen) atoms. The van der Waals surface area contributed by atoms with Crippen LogP contribution in [-0.2, 0) is 4.79 Å². The number of nitrogens with one attached hydrogen (secondary N) is 1. The molecule has 0 heterocycles. The Kier molecular flexibility index (Phi) is 3.22. The van der Waals surface area contributed by atoms with Gasteiger partial charge < -0.3 is 5.32 Å². The number of halogens is 1. The van der Waals surface area contributed by atoms with Crippen molar-refractivity contribution in [3.63, 3.8) is 0 Å². The lowest BCUT2D eigenvalue weighted by Gasteiger charge is -2.15. The third-order valence-corrected chi connectivity index (χ3v) is 5.96. The summed E-state index contributed by atoms with van der Waals surface area (Å²) < 4.78 is 0. The fraction of sp³-hybridized carbons (Fsp3) is 0.929. The van der Waals surface area contributed by atoms with Crippen LogP contribution < -0.4 is 5.32 Å². The number of carbonyl (C=O) groups is 1. The molecule has 0 saturated heterocycles. The number of hydrogen-bond acceptors (Lipinski definition) is 1. The molecule has 2 aliphatic carbocycles. The Bertz CT molecular complexity index is 310. The van der Waals surface area contributed by atoms with Gasteiger partial charge in [0.05, 0.1) is 0 Å². The fourth-order valence-corrected chi connectivity index (χ4v) is 3.78. The monoisotopic (exact) mass is 257 g/mol. The lowest BCUT2D eigenvalue weighted by atomic mass is 10.0. The summed E-state index contributed by atoms with van der Waals surface area (Å²) in [5, 5.41) is 3.36. The molecule has 0 aromatic heterocycles. The van der Waals surface area contributed by atoms with E-state index in [1.807, 2.05) is 0 Å². The summed E-state index contributed by atoms with van der Waals surface area (Å²) in [6, 6.07) is 0. The minimum atomic E-state index is 0.132.